The summed E-state index contributed by atoms with van der Waals surface area (Å²) in [7, 11) is -4.16. The highest BCUT2D eigenvalue weighted by Crippen LogP contribution is 2.28. The Labute approximate surface area is 208 Å². The molecule has 3 aromatic carbocycles. The first-order chi connectivity index (χ1) is 16.6. The summed E-state index contributed by atoms with van der Waals surface area (Å²) in [4.78, 5) is 23.6. The zero-order chi connectivity index (χ0) is 25.6. The number of rotatable bonds is 10. The molecular formula is C24H24ClN3O6S. The van der Waals surface area contributed by atoms with Crippen LogP contribution < -0.4 is 14.8 Å². The van der Waals surface area contributed by atoms with Crippen molar-refractivity contribution in [3.8, 4) is 5.75 Å². The van der Waals surface area contributed by atoms with Crippen molar-refractivity contribution in [1.82, 2.24) is 4.72 Å². The number of aryl methyl sites for hydroxylation is 1. The number of amides is 1. The molecule has 0 aliphatic carbocycles. The van der Waals surface area contributed by atoms with Crippen LogP contribution >= 0.6 is 11.6 Å². The molecule has 0 aromatic heterocycles. The van der Waals surface area contributed by atoms with Crippen LogP contribution in [0.1, 0.15) is 18.1 Å². The molecule has 3 aromatic rings. The molecule has 0 saturated heterocycles. The number of nitro benzene ring substituents is 1. The van der Waals surface area contributed by atoms with Crippen LogP contribution in [0.4, 0.5) is 11.4 Å². The average molecular weight is 518 g/mol. The lowest BCUT2D eigenvalue weighted by atomic mass is 10.1. The number of ether oxygens (including phenoxy) is 1. The lowest BCUT2D eigenvalue weighted by molar-refractivity contribution is -0.384. The van der Waals surface area contributed by atoms with E-state index in [9.17, 15) is 23.3 Å². The minimum absolute atomic E-state index is 0.0463. The Kier molecular flexibility index (Phi) is 8.44. The van der Waals surface area contributed by atoms with Gasteiger partial charge in [-0.15, -0.1) is 0 Å². The van der Waals surface area contributed by atoms with Crippen molar-refractivity contribution in [2.45, 2.75) is 31.2 Å². The molecule has 184 valence electrons. The lowest BCUT2D eigenvalue weighted by Gasteiger charge is -2.20. The van der Waals surface area contributed by atoms with E-state index < -0.39 is 26.9 Å². The van der Waals surface area contributed by atoms with Gasteiger partial charge in [-0.2, -0.15) is 4.72 Å². The number of nitrogens with one attached hydrogen (secondary N) is 2. The summed E-state index contributed by atoms with van der Waals surface area (Å²) in [5.41, 5.74) is 1.32. The normalized spacial score (nSPS) is 12.1. The number of hydrogen-bond acceptors (Lipinski definition) is 6. The van der Waals surface area contributed by atoms with E-state index >= 15 is 0 Å². The number of hydrogen-bond donors (Lipinski definition) is 2. The van der Waals surface area contributed by atoms with E-state index in [1.165, 1.54) is 36.4 Å². The Balaban J connectivity index is 1.91. The minimum atomic E-state index is -4.16. The molecule has 0 fully saturated rings. The van der Waals surface area contributed by atoms with Gasteiger partial charge >= 0.3 is 0 Å². The van der Waals surface area contributed by atoms with Crippen molar-refractivity contribution in [2.75, 3.05) is 11.9 Å². The fourth-order valence-electron chi connectivity index (χ4n) is 3.29. The molecule has 0 unspecified atom stereocenters. The number of non-ortho nitro benzene ring substituents is 1. The second-order valence-corrected chi connectivity index (χ2v) is 9.76. The number of nitrogens with zero attached hydrogens (tertiary/aromatic N) is 1. The quantitative estimate of drug-likeness (QED) is 0.301. The van der Waals surface area contributed by atoms with Crippen molar-refractivity contribution >= 4 is 38.9 Å². The molecular weight excluding hydrogens is 494 g/mol. The molecule has 0 aliphatic heterocycles. The molecule has 35 heavy (non-hydrogen) atoms. The summed E-state index contributed by atoms with van der Waals surface area (Å²) in [5, 5.41) is 13.9. The van der Waals surface area contributed by atoms with Gasteiger partial charge in [0.05, 0.1) is 27.1 Å². The Morgan fingerprint density at radius 1 is 1.11 bits per heavy atom. The van der Waals surface area contributed by atoms with Gasteiger partial charge in [-0.1, -0.05) is 48.0 Å². The largest absolute Gasteiger partial charge is 0.492 e. The van der Waals surface area contributed by atoms with Gasteiger partial charge in [0, 0.05) is 12.1 Å². The maximum absolute atomic E-state index is 13.2. The van der Waals surface area contributed by atoms with Gasteiger partial charge in [-0.25, -0.2) is 8.42 Å². The zero-order valence-corrected chi connectivity index (χ0v) is 20.6. The summed E-state index contributed by atoms with van der Waals surface area (Å²) >= 11 is 6.16. The second kappa shape index (κ2) is 11.3. The molecule has 1 amide bonds. The van der Waals surface area contributed by atoms with Crippen LogP contribution in [0.3, 0.4) is 0 Å². The molecule has 9 nitrogen and oxygen atoms in total. The van der Waals surface area contributed by atoms with Crippen molar-refractivity contribution in [3.63, 3.8) is 0 Å². The van der Waals surface area contributed by atoms with E-state index in [0.717, 1.165) is 5.56 Å². The SMILES string of the molecule is CCOc1ccc(S(=O)(=O)N[C@H](Cc2ccccc2)C(=O)Nc2cc([N+](=O)[O-])ccc2C)cc1Cl. The molecule has 0 heterocycles. The maximum Gasteiger partial charge on any atom is 0.271 e. The van der Waals surface area contributed by atoms with Crippen LogP contribution in [0, 0.1) is 17.0 Å². The van der Waals surface area contributed by atoms with Crippen LogP contribution in [0.25, 0.3) is 0 Å². The Bertz CT molecular complexity index is 1330. The monoisotopic (exact) mass is 517 g/mol. The van der Waals surface area contributed by atoms with E-state index in [1.54, 1.807) is 44.2 Å². The van der Waals surface area contributed by atoms with Gasteiger partial charge in [0.25, 0.3) is 5.69 Å². The summed E-state index contributed by atoms with van der Waals surface area (Å²) in [6.07, 6.45) is 0.0463. The second-order valence-electron chi connectivity index (χ2n) is 7.63. The van der Waals surface area contributed by atoms with Crippen molar-refractivity contribution < 1.29 is 22.9 Å². The van der Waals surface area contributed by atoms with Gasteiger partial charge in [0.1, 0.15) is 11.8 Å². The predicted octanol–water partition coefficient (Wildman–Crippen LogP) is 4.48. The van der Waals surface area contributed by atoms with Crippen molar-refractivity contribution in [3.05, 3.63) is 93.0 Å². The number of anilines is 1. The number of nitro groups is 1. The fraction of sp³-hybridized carbons (Fsp3) is 0.208. The first-order valence-corrected chi connectivity index (χ1v) is 12.5. The molecule has 0 saturated carbocycles. The Morgan fingerprint density at radius 2 is 1.83 bits per heavy atom. The number of benzene rings is 3. The molecule has 1 atom stereocenters. The predicted molar refractivity (Wildman–Crippen MR) is 133 cm³/mol. The standard InChI is InChI=1S/C24H24ClN3O6S/c1-3-34-23-12-11-19(15-20(23)25)35(32,33)27-22(13-17-7-5-4-6-8-17)24(29)26-21-14-18(28(30)31)10-9-16(21)2/h4-12,14-15,22,27H,3,13H2,1-2H3,(H,26,29)/t22-/m1/s1. The topological polar surface area (TPSA) is 128 Å². The molecule has 0 radical (unpaired) electrons. The Hall–Kier alpha value is -3.47. The average Bonchev–Trinajstić information content (AvgIpc) is 2.81. The number of carbonyl (C=O) groups excluding carboxylic acids is 1. The van der Waals surface area contributed by atoms with E-state index in [2.05, 4.69) is 10.0 Å². The third-order valence-corrected chi connectivity index (χ3v) is 6.86. The summed E-state index contributed by atoms with van der Waals surface area (Å²) in [5.74, 6) is -0.328. The van der Waals surface area contributed by atoms with Crippen LogP contribution in [0.2, 0.25) is 5.02 Å². The summed E-state index contributed by atoms with van der Waals surface area (Å²) in [6, 6.07) is 15.7. The third kappa shape index (κ3) is 6.78. The van der Waals surface area contributed by atoms with Gasteiger partial charge in [0.2, 0.25) is 15.9 Å². The molecule has 11 heteroatoms. The first-order valence-electron chi connectivity index (χ1n) is 10.6. The molecule has 2 N–H and O–H groups in total. The fourth-order valence-corrected chi connectivity index (χ4v) is 4.81. The van der Waals surface area contributed by atoms with E-state index in [1.807, 2.05) is 0 Å². The van der Waals surface area contributed by atoms with Crippen molar-refractivity contribution in [1.29, 1.82) is 0 Å². The minimum Gasteiger partial charge on any atom is -0.492 e. The highest BCUT2D eigenvalue weighted by atomic mass is 35.5. The third-order valence-electron chi connectivity index (χ3n) is 5.10. The van der Waals surface area contributed by atoms with Crippen LogP contribution in [-0.4, -0.2) is 31.9 Å². The molecule has 0 bridgehead atoms. The highest BCUT2D eigenvalue weighted by Gasteiger charge is 2.27. The van der Waals surface area contributed by atoms with Gasteiger partial charge in [-0.05, 0) is 49.6 Å². The zero-order valence-electron chi connectivity index (χ0n) is 19.0. The molecule has 0 aliphatic rings. The van der Waals surface area contributed by atoms with Crippen molar-refractivity contribution in [2.24, 2.45) is 0 Å². The summed E-state index contributed by atoms with van der Waals surface area (Å²) < 4.78 is 34.1. The van der Waals surface area contributed by atoms with E-state index in [0.29, 0.717) is 17.9 Å². The number of sulfonamides is 1. The van der Waals surface area contributed by atoms with Crippen LogP contribution in [0.5, 0.6) is 5.75 Å². The number of halogens is 1. The lowest BCUT2D eigenvalue weighted by Crippen LogP contribution is -2.45. The van der Waals surface area contributed by atoms with E-state index in [4.69, 9.17) is 16.3 Å². The van der Waals surface area contributed by atoms with E-state index in [-0.39, 0.29) is 27.7 Å². The summed E-state index contributed by atoms with van der Waals surface area (Å²) in [6.45, 7) is 3.82. The van der Waals surface area contributed by atoms with Crippen LogP contribution in [-0.2, 0) is 21.2 Å². The Morgan fingerprint density at radius 3 is 2.46 bits per heavy atom. The van der Waals surface area contributed by atoms with Gasteiger partial charge < -0.3 is 10.1 Å². The number of carbonyl (C=O) groups is 1. The van der Waals surface area contributed by atoms with Crippen LogP contribution in [0.15, 0.2) is 71.6 Å². The highest BCUT2D eigenvalue weighted by molar-refractivity contribution is 7.89. The molecule has 3 rings (SSSR count). The smallest absolute Gasteiger partial charge is 0.271 e. The van der Waals surface area contributed by atoms with Gasteiger partial charge in [0.15, 0.2) is 0 Å². The maximum atomic E-state index is 13.2. The molecule has 0 spiro atoms. The van der Waals surface area contributed by atoms with Gasteiger partial charge in [-0.3, -0.25) is 14.9 Å². The first kappa shape index (κ1) is 26.1.